The Bertz CT molecular complexity index is 731. The van der Waals surface area contributed by atoms with Crippen molar-refractivity contribution in [2.45, 2.75) is 62.7 Å². The van der Waals surface area contributed by atoms with E-state index >= 15 is 0 Å². The highest BCUT2D eigenvalue weighted by molar-refractivity contribution is 7.85. The number of nitrogens with zero attached hydrogens (tertiary/aromatic N) is 1. The average Bonchev–Trinajstić information content (AvgIpc) is 2.60. The predicted octanol–water partition coefficient (Wildman–Crippen LogP) is 2.45. The lowest BCUT2D eigenvalue weighted by Crippen LogP contribution is -2.69. The molecule has 4 atom stereocenters. The van der Waals surface area contributed by atoms with Gasteiger partial charge in [-0.2, -0.15) is 0 Å². The molecule has 156 valence electrons. The second-order valence-electron chi connectivity index (χ2n) is 9.02. The van der Waals surface area contributed by atoms with E-state index in [1.807, 2.05) is 52.0 Å². The number of nitrogens with one attached hydrogen (secondary N) is 1. The molecule has 0 radical (unpaired) electrons. The van der Waals surface area contributed by atoms with Gasteiger partial charge in [-0.05, 0) is 59.2 Å². The summed E-state index contributed by atoms with van der Waals surface area (Å²) in [7, 11) is -1.18. The Balaban J connectivity index is 1.76. The van der Waals surface area contributed by atoms with Crippen LogP contribution in [0.25, 0.3) is 0 Å². The van der Waals surface area contributed by atoms with Crippen molar-refractivity contribution < 1.29 is 18.8 Å². The lowest BCUT2D eigenvalue weighted by molar-refractivity contribution is -0.0432. The summed E-state index contributed by atoms with van der Waals surface area (Å²) < 4.78 is 18.6. The lowest BCUT2D eigenvalue weighted by Gasteiger charge is -2.52. The zero-order valence-corrected chi connectivity index (χ0v) is 18.1. The van der Waals surface area contributed by atoms with E-state index in [1.165, 1.54) is 0 Å². The first kappa shape index (κ1) is 21.3. The third-order valence-corrected chi connectivity index (χ3v) is 7.24. The smallest absolute Gasteiger partial charge is 0.410 e. The Labute approximate surface area is 170 Å². The summed E-state index contributed by atoms with van der Waals surface area (Å²) in [6.07, 6.45) is 0.400. The van der Waals surface area contributed by atoms with Crippen molar-refractivity contribution in [1.82, 2.24) is 10.2 Å². The van der Waals surface area contributed by atoms with E-state index in [-0.39, 0.29) is 12.0 Å². The fourth-order valence-corrected chi connectivity index (χ4v) is 5.67. The normalized spacial score (nSPS) is 29.1. The van der Waals surface area contributed by atoms with Gasteiger partial charge in [0, 0.05) is 35.2 Å². The van der Waals surface area contributed by atoms with Crippen LogP contribution in [-0.2, 0) is 15.5 Å². The number of amides is 1. The number of ether oxygens (including phenoxy) is 1. The summed E-state index contributed by atoms with van der Waals surface area (Å²) in [4.78, 5) is 15.0. The Morgan fingerprint density at radius 3 is 2.68 bits per heavy atom. The van der Waals surface area contributed by atoms with Gasteiger partial charge in [0.05, 0.1) is 16.9 Å². The molecule has 6 nitrogen and oxygen atoms in total. The molecule has 2 aliphatic rings. The molecule has 1 aromatic rings. The number of hydrogen-bond donors (Lipinski definition) is 2. The van der Waals surface area contributed by atoms with Crippen LogP contribution < -0.4 is 5.32 Å². The molecule has 0 aliphatic carbocycles. The fourth-order valence-electron chi connectivity index (χ4n) is 4.13. The van der Waals surface area contributed by atoms with Crippen molar-refractivity contribution in [2.24, 2.45) is 5.92 Å². The zero-order valence-electron chi connectivity index (χ0n) is 17.2. The molecule has 28 heavy (non-hydrogen) atoms. The number of piperidine rings is 2. The largest absolute Gasteiger partial charge is 0.444 e. The molecule has 2 fully saturated rings. The average molecular weight is 409 g/mol. The number of fused-ring (bicyclic) bond motifs is 1. The monoisotopic (exact) mass is 408 g/mol. The van der Waals surface area contributed by atoms with Crippen molar-refractivity contribution in [3.05, 3.63) is 29.8 Å². The molecule has 1 amide bonds. The topological polar surface area (TPSA) is 78.9 Å². The van der Waals surface area contributed by atoms with Crippen LogP contribution in [0.1, 0.15) is 39.2 Å². The molecule has 0 aromatic heterocycles. The highest BCUT2D eigenvalue weighted by Crippen LogP contribution is 2.36. The Morgan fingerprint density at radius 2 is 2.04 bits per heavy atom. The van der Waals surface area contributed by atoms with E-state index in [0.717, 1.165) is 10.5 Å². The summed E-state index contributed by atoms with van der Waals surface area (Å²) in [6.45, 7) is 9.18. The van der Waals surface area contributed by atoms with Gasteiger partial charge in [0.15, 0.2) is 0 Å². The minimum absolute atomic E-state index is 0.170. The van der Waals surface area contributed by atoms with Crippen LogP contribution in [0.4, 0.5) is 4.79 Å². The van der Waals surface area contributed by atoms with Gasteiger partial charge < -0.3 is 20.1 Å². The highest BCUT2D eigenvalue weighted by atomic mass is 32.2. The van der Waals surface area contributed by atoms with Crippen LogP contribution in [0.2, 0.25) is 0 Å². The van der Waals surface area contributed by atoms with Gasteiger partial charge in [-0.25, -0.2) is 4.79 Å². The van der Waals surface area contributed by atoms with Gasteiger partial charge in [0.1, 0.15) is 5.60 Å². The minimum Gasteiger partial charge on any atom is -0.444 e. The molecular weight excluding hydrogens is 376 g/mol. The van der Waals surface area contributed by atoms with E-state index < -0.39 is 28.0 Å². The summed E-state index contributed by atoms with van der Waals surface area (Å²) >= 11 is 0. The van der Waals surface area contributed by atoms with Crippen LogP contribution in [0.15, 0.2) is 29.2 Å². The van der Waals surface area contributed by atoms with Gasteiger partial charge in [-0.1, -0.05) is 17.7 Å². The van der Waals surface area contributed by atoms with Gasteiger partial charge in [-0.3, -0.25) is 4.21 Å². The van der Waals surface area contributed by atoms with E-state index in [1.54, 1.807) is 4.90 Å². The molecule has 2 N–H and O–H groups in total. The number of aliphatic hydroxyl groups is 1. The highest BCUT2D eigenvalue weighted by Gasteiger charge is 2.50. The summed E-state index contributed by atoms with van der Waals surface area (Å²) in [6, 6.07) is 7.76. The molecule has 3 rings (SSSR count). The van der Waals surface area contributed by atoms with Crippen LogP contribution in [0.5, 0.6) is 0 Å². The zero-order chi connectivity index (χ0) is 20.5. The van der Waals surface area contributed by atoms with Crippen molar-refractivity contribution in [3.63, 3.8) is 0 Å². The number of hydrogen-bond acceptors (Lipinski definition) is 5. The molecule has 2 aliphatic heterocycles. The number of carbonyl (C=O) groups excluding carboxylic acids is 1. The molecule has 2 heterocycles. The number of benzene rings is 1. The minimum atomic E-state index is -1.18. The number of rotatable bonds is 3. The van der Waals surface area contributed by atoms with Crippen LogP contribution >= 0.6 is 0 Å². The summed E-state index contributed by atoms with van der Waals surface area (Å²) in [5.41, 5.74) is 0.141. The molecule has 7 heteroatoms. The van der Waals surface area contributed by atoms with Gasteiger partial charge >= 0.3 is 6.09 Å². The molecule has 0 spiro atoms. The number of likely N-dealkylation sites (tertiary alicyclic amines) is 1. The van der Waals surface area contributed by atoms with Gasteiger partial charge in [-0.15, -0.1) is 0 Å². The van der Waals surface area contributed by atoms with Crippen molar-refractivity contribution in [3.8, 4) is 0 Å². The first-order chi connectivity index (χ1) is 13.1. The number of aryl methyl sites for hydroxylation is 1. The maximum absolute atomic E-state index is 13.1. The Hall–Kier alpha value is -1.44. The summed E-state index contributed by atoms with van der Waals surface area (Å²) in [5.74, 6) is 0.261. The standard InChI is InChI=1S/C21H32N2O4S/c1-15-5-7-16(8-6-15)28(26)14-21-10-12-23(19(25)27-20(2,3)4)13-17(21)18(24)9-11-22-21/h5-8,17-18,22,24H,9-14H2,1-4H3/t17?,18-,21?,28-/m0/s1. The molecule has 2 saturated heterocycles. The fraction of sp³-hybridized carbons (Fsp3) is 0.667. The van der Waals surface area contributed by atoms with Crippen LogP contribution in [0.3, 0.4) is 0 Å². The number of aliphatic hydroxyl groups excluding tert-OH is 1. The van der Waals surface area contributed by atoms with Crippen LogP contribution in [-0.4, -0.2) is 62.9 Å². The lowest BCUT2D eigenvalue weighted by atomic mass is 9.72. The summed E-state index contributed by atoms with van der Waals surface area (Å²) in [5, 5.41) is 14.3. The van der Waals surface area contributed by atoms with E-state index in [4.69, 9.17) is 4.74 Å². The van der Waals surface area contributed by atoms with E-state index in [2.05, 4.69) is 5.32 Å². The van der Waals surface area contributed by atoms with E-state index in [9.17, 15) is 14.1 Å². The first-order valence-electron chi connectivity index (χ1n) is 9.96. The molecule has 1 aromatic carbocycles. The third kappa shape index (κ3) is 4.75. The quantitative estimate of drug-likeness (QED) is 0.803. The van der Waals surface area contributed by atoms with Gasteiger partial charge in [0.25, 0.3) is 0 Å². The maximum atomic E-state index is 13.1. The molecule has 2 unspecified atom stereocenters. The Kier molecular flexibility index (Phi) is 6.17. The van der Waals surface area contributed by atoms with Gasteiger partial charge in [0.2, 0.25) is 0 Å². The Morgan fingerprint density at radius 1 is 1.36 bits per heavy atom. The van der Waals surface area contributed by atoms with Crippen LogP contribution in [0, 0.1) is 12.8 Å². The molecule has 0 saturated carbocycles. The van der Waals surface area contributed by atoms with E-state index in [0.29, 0.717) is 38.2 Å². The second-order valence-corrected chi connectivity index (χ2v) is 10.5. The molecular formula is C21H32N2O4S. The van der Waals surface area contributed by atoms with Crippen molar-refractivity contribution in [2.75, 3.05) is 25.4 Å². The maximum Gasteiger partial charge on any atom is 0.410 e. The first-order valence-corrected chi connectivity index (χ1v) is 11.3. The molecule has 0 bridgehead atoms. The predicted molar refractivity (Wildman–Crippen MR) is 110 cm³/mol. The van der Waals surface area contributed by atoms with Crippen molar-refractivity contribution >= 4 is 16.9 Å². The third-order valence-electron chi connectivity index (χ3n) is 5.66. The SMILES string of the molecule is Cc1ccc([S@@](=O)CC23CCN(C(=O)OC(C)(C)C)CC2[C@@H](O)CCN3)cc1. The number of carbonyl (C=O) groups is 1. The second kappa shape index (κ2) is 8.13. The van der Waals surface area contributed by atoms with Crippen molar-refractivity contribution in [1.29, 1.82) is 0 Å².